The Morgan fingerprint density at radius 2 is 1.67 bits per heavy atom. The molecule has 0 spiro atoms. The number of fused-ring (bicyclic) bond motifs is 1. The second-order valence-electron chi connectivity index (χ2n) is 6.34. The van der Waals surface area contributed by atoms with Crippen LogP contribution in [0.5, 0.6) is 0 Å². The summed E-state index contributed by atoms with van der Waals surface area (Å²) >= 11 is 0. The largest absolute Gasteiger partial charge is 0.366 e. The molecule has 124 valence electrons. The molecule has 0 saturated heterocycles. The topological polar surface area (TPSA) is 39.3 Å². The number of hydrogen-bond acceptors (Lipinski definition) is 2. The summed E-state index contributed by atoms with van der Waals surface area (Å²) < 4.78 is 0. The highest BCUT2D eigenvalue weighted by molar-refractivity contribution is 6.05. The Morgan fingerprint density at radius 1 is 0.917 bits per heavy atom. The summed E-state index contributed by atoms with van der Waals surface area (Å²) in [6.45, 7) is 1.54. The van der Waals surface area contributed by atoms with Gasteiger partial charge in [-0.05, 0) is 30.4 Å². The van der Waals surface area contributed by atoms with Crippen molar-refractivity contribution in [3.8, 4) is 11.1 Å². The molecule has 0 aliphatic rings. The Labute approximate surface area is 142 Å². The summed E-state index contributed by atoms with van der Waals surface area (Å²) in [6, 6.07) is 14.5. The fourth-order valence-corrected chi connectivity index (χ4v) is 2.88. The van der Waals surface area contributed by atoms with E-state index in [1.165, 1.54) is 5.39 Å². The molecule has 0 radical (unpaired) electrons. The number of likely N-dealkylation sites (N-methyl/N-ethyl adjacent to an activating group) is 2. The SMILES string of the molecule is CN(C)CCN(C)C(=O)c1c[nH]cc1-c1cccc2ccccc12. The number of aromatic amines is 1. The lowest BCUT2D eigenvalue weighted by Gasteiger charge is -2.20. The molecule has 1 amide bonds. The van der Waals surface area contributed by atoms with Crippen LogP contribution in [0.4, 0.5) is 0 Å². The van der Waals surface area contributed by atoms with Crippen LogP contribution in [0.2, 0.25) is 0 Å². The molecule has 1 heterocycles. The number of rotatable bonds is 5. The van der Waals surface area contributed by atoms with Crippen LogP contribution in [0, 0.1) is 0 Å². The van der Waals surface area contributed by atoms with Crippen molar-refractivity contribution in [3.05, 3.63) is 60.4 Å². The number of amides is 1. The fourth-order valence-electron chi connectivity index (χ4n) is 2.88. The summed E-state index contributed by atoms with van der Waals surface area (Å²) in [4.78, 5) is 19.8. The summed E-state index contributed by atoms with van der Waals surface area (Å²) in [6.07, 6.45) is 3.71. The number of nitrogens with zero attached hydrogens (tertiary/aromatic N) is 2. The molecule has 0 aliphatic carbocycles. The van der Waals surface area contributed by atoms with E-state index in [9.17, 15) is 4.79 Å². The molecule has 0 bridgehead atoms. The van der Waals surface area contributed by atoms with E-state index in [1.54, 1.807) is 11.1 Å². The average molecular weight is 321 g/mol. The van der Waals surface area contributed by atoms with E-state index in [4.69, 9.17) is 0 Å². The Bertz CT molecular complexity index is 845. The number of carbonyl (C=O) groups excluding carboxylic acids is 1. The highest BCUT2D eigenvalue weighted by Gasteiger charge is 2.18. The van der Waals surface area contributed by atoms with Crippen molar-refractivity contribution in [2.75, 3.05) is 34.2 Å². The van der Waals surface area contributed by atoms with Gasteiger partial charge in [0.05, 0.1) is 5.56 Å². The average Bonchev–Trinajstić information content (AvgIpc) is 3.07. The zero-order valence-electron chi connectivity index (χ0n) is 14.4. The molecule has 4 nitrogen and oxygen atoms in total. The van der Waals surface area contributed by atoms with E-state index in [1.807, 2.05) is 45.5 Å². The molecule has 0 fully saturated rings. The van der Waals surface area contributed by atoms with Gasteiger partial charge in [0.15, 0.2) is 0 Å². The first-order chi connectivity index (χ1) is 11.6. The van der Waals surface area contributed by atoms with Crippen molar-refractivity contribution < 1.29 is 4.79 Å². The Morgan fingerprint density at radius 3 is 2.46 bits per heavy atom. The van der Waals surface area contributed by atoms with Crippen LogP contribution in [0.3, 0.4) is 0 Å². The quantitative estimate of drug-likeness (QED) is 0.781. The molecule has 1 aromatic heterocycles. The third-order valence-electron chi connectivity index (χ3n) is 4.29. The van der Waals surface area contributed by atoms with E-state index in [0.29, 0.717) is 12.1 Å². The van der Waals surface area contributed by atoms with Gasteiger partial charge in [-0.25, -0.2) is 0 Å². The molecule has 0 unspecified atom stereocenters. The summed E-state index contributed by atoms with van der Waals surface area (Å²) in [5.74, 6) is 0.0426. The minimum Gasteiger partial charge on any atom is -0.366 e. The predicted molar refractivity (Wildman–Crippen MR) is 99.2 cm³/mol. The van der Waals surface area contributed by atoms with Crippen molar-refractivity contribution in [2.45, 2.75) is 0 Å². The van der Waals surface area contributed by atoms with Gasteiger partial charge in [-0.15, -0.1) is 0 Å². The molecule has 0 atom stereocenters. The van der Waals surface area contributed by atoms with Gasteiger partial charge in [-0.1, -0.05) is 42.5 Å². The maximum atomic E-state index is 12.8. The van der Waals surface area contributed by atoms with Crippen LogP contribution in [0.1, 0.15) is 10.4 Å². The summed E-state index contributed by atoms with van der Waals surface area (Å²) in [7, 11) is 5.87. The lowest BCUT2D eigenvalue weighted by atomic mass is 9.97. The van der Waals surface area contributed by atoms with Crippen molar-refractivity contribution in [1.82, 2.24) is 14.8 Å². The number of carbonyl (C=O) groups is 1. The van der Waals surface area contributed by atoms with E-state index >= 15 is 0 Å². The number of nitrogens with one attached hydrogen (secondary N) is 1. The van der Waals surface area contributed by atoms with Crippen molar-refractivity contribution in [2.24, 2.45) is 0 Å². The maximum Gasteiger partial charge on any atom is 0.255 e. The van der Waals surface area contributed by atoms with Crippen LogP contribution in [-0.2, 0) is 0 Å². The van der Waals surface area contributed by atoms with Crippen molar-refractivity contribution in [3.63, 3.8) is 0 Å². The lowest BCUT2D eigenvalue weighted by Crippen LogP contribution is -2.33. The van der Waals surface area contributed by atoms with E-state index < -0.39 is 0 Å². The number of H-pyrrole nitrogens is 1. The molecule has 3 rings (SSSR count). The number of aromatic nitrogens is 1. The third kappa shape index (κ3) is 3.19. The van der Waals surface area contributed by atoms with Gasteiger partial charge >= 0.3 is 0 Å². The van der Waals surface area contributed by atoms with Gasteiger partial charge in [0, 0.05) is 38.1 Å². The van der Waals surface area contributed by atoms with E-state index in [0.717, 1.165) is 23.1 Å². The van der Waals surface area contributed by atoms with Gasteiger partial charge < -0.3 is 14.8 Å². The first-order valence-corrected chi connectivity index (χ1v) is 8.13. The third-order valence-corrected chi connectivity index (χ3v) is 4.29. The van der Waals surface area contributed by atoms with Crippen molar-refractivity contribution >= 4 is 16.7 Å². The highest BCUT2D eigenvalue weighted by atomic mass is 16.2. The predicted octanol–water partition coefficient (Wildman–Crippen LogP) is 3.47. The molecular weight excluding hydrogens is 298 g/mol. The molecule has 1 N–H and O–H groups in total. The number of benzene rings is 2. The zero-order chi connectivity index (χ0) is 17.1. The van der Waals surface area contributed by atoms with Crippen LogP contribution in [0.25, 0.3) is 21.9 Å². The first-order valence-electron chi connectivity index (χ1n) is 8.13. The van der Waals surface area contributed by atoms with Gasteiger partial charge in [0.25, 0.3) is 5.91 Å². The van der Waals surface area contributed by atoms with Gasteiger partial charge in [0.1, 0.15) is 0 Å². The number of hydrogen-bond donors (Lipinski definition) is 1. The summed E-state index contributed by atoms with van der Waals surface area (Å²) in [5, 5.41) is 2.33. The molecule has 2 aromatic carbocycles. The molecule has 24 heavy (non-hydrogen) atoms. The zero-order valence-corrected chi connectivity index (χ0v) is 14.4. The van der Waals surface area contributed by atoms with Crippen LogP contribution < -0.4 is 0 Å². The summed E-state index contributed by atoms with van der Waals surface area (Å²) in [5.41, 5.74) is 2.75. The molecule has 3 aromatic rings. The second-order valence-corrected chi connectivity index (χ2v) is 6.34. The van der Waals surface area contributed by atoms with Crippen LogP contribution in [-0.4, -0.2) is 54.9 Å². The minimum atomic E-state index is 0.0426. The normalized spacial score (nSPS) is 11.2. The van der Waals surface area contributed by atoms with E-state index in [2.05, 4.69) is 34.1 Å². The smallest absolute Gasteiger partial charge is 0.255 e. The molecule has 0 aliphatic heterocycles. The van der Waals surface area contributed by atoms with Crippen molar-refractivity contribution in [1.29, 1.82) is 0 Å². The molecule has 0 saturated carbocycles. The Kier molecular flexibility index (Phi) is 4.67. The molecule has 4 heteroatoms. The second kappa shape index (κ2) is 6.89. The highest BCUT2D eigenvalue weighted by Crippen LogP contribution is 2.31. The minimum absolute atomic E-state index is 0.0426. The van der Waals surface area contributed by atoms with Gasteiger partial charge in [-0.2, -0.15) is 0 Å². The monoisotopic (exact) mass is 321 g/mol. The fraction of sp³-hybridized carbons (Fsp3) is 0.250. The Balaban J connectivity index is 1.97. The Hall–Kier alpha value is -2.59. The van der Waals surface area contributed by atoms with Gasteiger partial charge in [0.2, 0.25) is 0 Å². The first kappa shape index (κ1) is 16.3. The van der Waals surface area contributed by atoms with Crippen LogP contribution in [0.15, 0.2) is 54.9 Å². The maximum absolute atomic E-state index is 12.8. The van der Waals surface area contributed by atoms with Crippen LogP contribution >= 0.6 is 0 Å². The lowest BCUT2D eigenvalue weighted by molar-refractivity contribution is 0.0787. The molecular formula is C20H23N3O. The van der Waals surface area contributed by atoms with E-state index in [-0.39, 0.29) is 5.91 Å². The standard InChI is InChI=1S/C20H23N3O/c1-22(2)11-12-23(3)20(24)19-14-21-13-18(19)17-10-6-8-15-7-4-5-9-16(15)17/h4-10,13-14,21H,11-12H2,1-3H3. The van der Waals surface area contributed by atoms with Gasteiger partial charge in [-0.3, -0.25) is 4.79 Å².